The lowest BCUT2D eigenvalue weighted by molar-refractivity contribution is -0.132. The molecule has 1 aliphatic heterocycles. The van der Waals surface area contributed by atoms with Crippen LogP contribution in [0, 0.1) is 13.8 Å². The standard InChI is InChI=1S/C27H23N3O5/c1-14-12-21(35-3)15(2)11-18(14)24(32)22-23(16-7-6-8-17(31)13-16)30(26(34)25(22)33)27-28-19-9-4-5-10-20(19)29-27/h4-13,23,31-32H,1-3H3,(H,28,29)/b24-22+. The molecule has 176 valence electrons. The lowest BCUT2D eigenvalue weighted by atomic mass is 9.93. The maximum absolute atomic E-state index is 13.4. The number of hydrogen-bond acceptors (Lipinski definition) is 6. The van der Waals surface area contributed by atoms with Crippen LogP contribution in [0.1, 0.15) is 28.3 Å². The number of benzene rings is 3. The second-order valence-electron chi connectivity index (χ2n) is 8.48. The van der Waals surface area contributed by atoms with Gasteiger partial charge in [-0.05, 0) is 66.9 Å². The zero-order valence-corrected chi connectivity index (χ0v) is 19.4. The smallest absolute Gasteiger partial charge is 0.302 e. The van der Waals surface area contributed by atoms with Gasteiger partial charge in [0.1, 0.15) is 17.3 Å². The number of aliphatic hydroxyl groups excluding tert-OH is 1. The number of aliphatic hydroxyl groups is 1. The minimum atomic E-state index is -1.01. The van der Waals surface area contributed by atoms with E-state index in [4.69, 9.17) is 4.74 Å². The number of carbonyl (C=O) groups is 2. The van der Waals surface area contributed by atoms with E-state index in [9.17, 15) is 19.8 Å². The van der Waals surface area contributed by atoms with Crippen LogP contribution in [0.15, 0.2) is 66.2 Å². The molecule has 1 atom stereocenters. The van der Waals surface area contributed by atoms with E-state index in [1.54, 1.807) is 44.4 Å². The predicted molar refractivity (Wildman–Crippen MR) is 131 cm³/mol. The molecule has 0 aliphatic carbocycles. The molecule has 8 nitrogen and oxygen atoms in total. The third-order valence-corrected chi connectivity index (χ3v) is 6.23. The third kappa shape index (κ3) is 3.59. The van der Waals surface area contributed by atoms with Crippen molar-refractivity contribution in [3.8, 4) is 11.5 Å². The van der Waals surface area contributed by atoms with Crippen LogP contribution in [0.5, 0.6) is 11.5 Å². The molecule has 0 radical (unpaired) electrons. The number of fused-ring (bicyclic) bond motifs is 1. The summed E-state index contributed by atoms with van der Waals surface area (Å²) >= 11 is 0. The Hall–Kier alpha value is -4.59. The maximum atomic E-state index is 13.4. The molecule has 0 bridgehead atoms. The van der Waals surface area contributed by atoms with Crippen molar-refractivity contribution in [3.63, 3.8) is 0 Å². The van der Waals surface area contributed by atoms with Gasteiger partial charge in [-0.25, -0.2) is 4.98 Å². The van der Waals surface area contributed by atoms with Gasteiger partial charge in [0.15, 0.2) is 0 Å². The molecule has 0 saturated carbocycles. The first-order chi connectivity index (χ1) is 16.8. The summed E-state index contributed by atoms with van der Waals surface area (Å²) in [5, 5.41) is 21.6. The number of ether oxygens (including phenoxy) is 1. The van der Waals surface area contributed by atoms with Crippen LogP contribution in [0.2, 0.25) is 0 Å². The summed E-state index contributed by atoms with van der Waals surface area (Å²) in [6.07, 6.45) is 0. The number of rotatable bonds is 4. The number of amides is 1. The largest absolute Gasteiger partial charge is 0.508 e. The van der Waals surface area contributed by atoms with Gasteiger partial charge in [-0.1, -0.05) is 24.3 Å². The molecule has 8 heteroatoms. The minimum absolute atomic E-state index is 0.0332. The highest BCUT2D eigenvalue weighted by molar-refractivity contribution is 6.51. The number of para-hydroxylation sites is 2. The maximum Gasteiger partial charge on any atom is 0.302 e. The molecule has 3 aromatic carbocycles. The molecule has 0 spiro atoms. The molecule has 35 heavy (non-hydrogen) atoms. The summed E-state index contributed by atoms with van der Waals surface area (Å²) in [6, 6.07) is 16.0. The van der Waals surface area contributed by atoms with Crippen molar-refractivity contribution >= 4 is 34.4 Å². The van der Waals surface area contributed by atoms with Crippen LogP contribution in [0.3, 0.4) is 0 Å². The van der Waals surface area contributed by atoms with E-state index in [-0.39, 0.29) is 23.0 Å². The van der Waals surface area contributed by atoms with Gasteiger partial charge < -0.3 is 19.9 Å². The molecular formula is C27H23N3O5. The summed E-state index contributed by atoms with van der Waals surface area (Å²) in [5.74, 6) is -1.20. The Balaban J connectivity index is 1.76. The van der Waals surface area contributed by atoms with Gasteiger partial charge >= 0.3 is 5.91 Å². The average Bonchev–Trinajstić information content (AvgIpc) is 3.38. The quantitative estimate of drug-likeness (QED) is 0.230. The van der Waals surface area contributed by atoms with Gasteiger partial charge in [-0.3, -0.25) is 14.5 Å². The topological polar surface area (TPSA) is 116 Å². The fourth-order valence-corrected chi connectivity index (χ4v) is 4.52. The second-order valence-corrected chi connectivity index (χ2v) is 8.48. The number of aromatic amines is 1. The molecule has 1 unspecified atom stereocenters. The average molecular weight is 469 g/mol. The van der Waals surface area contributed by atoms with Crippen LogP contribution in [-0.2, 0) is 9.59 Å². The lowest BCUT2D eigenvalue weighted by Crippen LogP contribution is -2.30. The number of H-pyrrole nitrogens is 1. The highest BCUT2D eigenvalue weighted by Crippen LogP contribution is 2.43. The van der Waals surface area contributed by atoms with Gasteiger partial charge in [0.2, 0.25) is 5.95 Å². The number of ketones is 1. The first-order valence-electron chi connectivity index (χ1n) is 11.0. The summed E-state index contributed by atoms with van der Waals surface area (Å²) in [7, 11) is 1.56. The van der Waals surface area contributed by atoms with E-state index >= 15 is 0 Å². The number of anilines is 1. The molecule has 1 fully saturated rings. The van der Waals surface area contributed by atoms with Crippen LogP contribution < -0.4 is 9.64 Å². The summed E-state index contributed by atoms with van der Waals surface area (Å²) in [4.78, 5) is 35.5. The highest BCUT2D eigenvalue weighted by Gasteiger charge is 2.48. The molecule has 1 saturated heterocycles. The Morgan fingerprint density at radius 2 is 1.80 bits per heavy atom. The van der Waals surface area contributed by atoms with Gasteiger partial charge in [0, 0.05) is 5.56 Å². The molecular weight excluding hydrogens is 446 g/mol. The van der Waals surface area contributed by atoms with Crippen LogP contribution in [0.25, 0.3) is 16.8 Å². The summed E-state index contributed by atoms with van der Waals surface area (Å²) in [5.41, 5.74) is 3.54. The van der Waals surface area contributed by atoms with E-state index in [2.05, 4.69) is 9.97 Å². The number of carbonyl (C=O) groups excluding carboxylic acids is 2. The van der Waals surface area contributed by atoms with Gasteiger partial charge in [-0.2, -0.15) is 0 Å². The van der Waals surface area contributed by atoms with Crippen molar-refractivity contribution in [2.24, 2.45) is 0 Å². The Labute approximate surface area is 201 Å². The number of imidazole rings is 1. The predicted octanol–water partition coefficient (Wildman–Crippen LogP) is 4.52. The molecule has 1 amide bonds. The van der Waals surface area contributed by atoms with Crippen molar-refractivity contribution in [2.75, 3.05) is 12.0 Å². The fourth-order valence-electron chi connectivity index (χ4n) is 4.52. The van der Waals surface area contributed by atoms with E-state index in [0.717, 1.165) is 5.56 Å². The molecule has 2 heterocycles. The van der Waals surface area contributed by atoms with Crippen molar-refractivity contribution in [1.29, 1.82) is 0 Å². The number of hydrogen-bond donors (Lipinski definition) is 3. The van der Waals surface area contributed by atoms with Crippen molar-refractivity contribution < 1.29 is 24.5 Å². The number of methoxy groups -OCH3 is 1. The van der Waals surface area contributed by atoms with Crippen LogP contribution in [-0.4, -0.2) is 39.0 Å². The molecule has 1 aliphatic rings. The highest BCUT2D eigenvalue weighted by atomic mass is 16.5. The number of Topliss-reactive ketones (excluding diaryl/α,β-unsaturated/α-hetero) is 1. The van der Waals surface area contributed by atoms with Crippen LogP contribution >= 0.6 is 0 Å². The third-order valence-electron chi connectivity index (χ3n) is 6.23. The minimum Gasteiger partial charge on any atom is -0.508 e. The number of phenolic OH excluding ortho intramolecular Hbond substituents is 1. The van der Waals surface area contributed by atoms with Gasteiger partial charge in [-0.15, -0.1) is 0 Å². The van der Waals surface area contributed by atoms with Crippen molar-refractivity contribution in [1.82, 2.24) is 9.97 Å². The Kier molecular flexibility index (Phi) is 5.28. The second kappa shape index (κ2) is 8.32. The van der Waals surface area contributed by atoms with Crippen molar-refractivity contribution in [3.05, 3.63) is 88.5 Å². The molecule has 1 aromatic heterocycles. The number of aromatic hydroxyl groups is 1. The van der Waals surface area contributed by atoms with E-state index in [0.29, 0.717) is 33.5 Å². The zero-order valence-electron chi connectivity index (χ0n) is 19.4. The summed E-state index contributed by atoms with van der Waals surface area (Å²) < 4.78 is 5.36. The first kappa shape index (κ1) is 22.2. The fraction of sp³-hybridized carbons (Fsp3) is 0.148. The molecule has 4 aromatic rings. The van der Waals surface area contributed by atoms with E-state index in [1.807, 2.05) is 25.1 Å². The van der Waals surface area contributed by atoms with Gasteiger partial charge in [0.05, 0.1) is 29.8 Å². The number of aromatic nitrogens is 2. The van der Waals surface area contributed by atoms with E-state index < -0.39 is 17.7 Å². The van der Waals surface area contributed by atoms with Crippen molar-refractivity contribution in [2.45, 2.75) is 19.9 Å². The summed E-state index contributed by atoms with van der Waals surface area (Å²) in [6.45, 7) is 3.62. The Bertz CT molecular complexity index is 1500. The number of phenols is 1. The molecule has 5 rings (SSSR count). The van der Waals surface area contributed by atoms with Crippen LogP contribution in [0.4, 0.5) is 5.95 Å². The van der Waals surface area contributed by atoms with Gasteiger partial charge in [0.25, 0.3) is 5.78 Å². The normalized spacial score (nSPS) is 17.3. The number of aryl methyl sites for hydroxylation is 2. The number of nitrogens with zero attached hydrogens (tertiary/aromatic N) is 2. The Morgan fingerprint density at radius 3 is 2.51 bits per heavy atom. The zero-order chi connectivity index (χ0) is 24.9. The number of nitrogens with one attached hydrogen (secondary N) is 1. The van der Waals surface area contributed by atoms with E-state index in [1.165, 1.54) is 17.0 Å². The first-order valence-corrected chi connectivity index (χ1v) is 11.0. The SMILES string of the molecule is COc1cc(C)c(/C(O)=C2\C(=O)C(=O)N(c3nc4ccccc4[nH]3)C2c2cccc(O)c2)cc1C. The lowest BCUT2D eigenvalue weighted by Gasteiger charge is -2.23. The Morgan fingerprint density at radius 1 is 1.03 bits per heavy atom. The monoisotopic (exact) mass is 469 g/mol. The molecule has 3 N–H and O–H groups in total.